The van der Waals surface area contributed by atoms with E-state index in [1.54, 1.807) is 0 Å². The number of carbonyl (C=O) groups excluding carboxylic acids is 2. The topological polar surface area (TPSA) is 136 Å². The lowest BCUT2D eigenvalue weighted by Crippen LogP contribution is -2.42. The van der Waals surface area contributed by atoms with Crippen LogP contribution in [0.5, 0.6) is 0 Å². The molecular formula is C19H17ClFN3O7S. The lowest BCUT2D eigenvalue weighted by atomic mass is 10.2. The first kappa shape index (κ1) is 23.6. The van der Waals surface area contributed by atoms with E-state index in [0.29, 0.717) is 11.4 Å². The molecule has 2 aromatic carbocycles. The quantitative estimate of drug-likeness (QED) is 0.361. The van der Waals surface area contributed by atoms with E-state index in [-0.39, 0.29) is 23.5 Å². The fraction of sp³-hybridized carbons (Fsp3) is 0.263. The predicted molar refractivity (Wildman–Crippen MR) is 111 cm³/mol. The maximum absolute atomic E-state index is 13.4. The second-order valence-corrected chi connectivity index (χ2v) is 9.13. The molecule has 13 heteroatoms. The summed E-state index contributed by atoms with van der Waals surface area (Å²) in [6, 6.07) is 7.14. The van der Waals surface area contributed by atoms with Gasteiger partial charge >= 0.3 is 11.7 Å². The van der Waals surface area contributed by atoms with Crippen molar-refractivity contribution in [1.29, 1.82) is 0 Å². The fourth-order valence-corrected chi connectivity index (χ4v) is 4.94. The van der Waals surface area contributed by atoms with E-state index in [0.717, 1.165) is 22.5 Å². The maximum Gasteiger partial charge on any atom is 0.324 e. The highest BCUT2D eigenvalue weighted by Crippen LogP contribution is 2.27. The number of rotatable bonds is 7. The molecule has 1 aliphatic rings. The van der Waals surface area contributed by atoms with Crippen LogP contribution in [0.3, 0.4) is 0 Å². The van der Waals surface area contributed by atoms with Gasteiger partial charge in [0.25, 0.3) is 5.91 Å². The smallest absolute Gasteiger partial charge is 0.324 e. The van der Waals surface area contributed by atoms with Gasteiger partial charge in [0, 0.05) is 23.3 Å². The average Bonchev–Trinajstić information content (AvgIpc) is 3.24. The lowest BCUT2D eigenvalue weighted by molar-refractivity contribution is -0.387. The van der Waals surface area contributed by atoms with Crippen LogP contribution in [0.2, 0.25) is 5.02 Å². The Bertz CT molecular complexity index is 1160. The van der Waals surface area contributed by atoms with Gasteiger partial charge in [0.15, 0.2) is 6.61 Å². The van der Waals surface area contributed by atoms with E-state index >= 15 is 0 Å². The first-order valence-electron chi connectivity index (χ1n) is 9.27. The number of amides is 1. The van der Waals surface area contributed by atoms with E-state index in [1.807, 2.05) is 0 Å². The van der Waals surface area contributed by atoms with Crippen LogP contribution >= 0.6 is 11.6 Å². The Morgan fingerprint density at radius 2 is 1.94 bits per heavy atom. The molecule has 1 amide bonds. The summed E-state index contributed by atoms with van der Waals surface area (Å²) in [5.41, 5.74) is -0.888. The molecule has 0 spiro atoms. The Morgan fingerprint density at radius 3 is 2.59 bits per heavy atom. The molecule has 0 aliphatic carbocycles. The maximum atomic E-state index is 13.4. The van der Waals surface area contributed by atoms with Gasteiger partial charge in [-0.05, 0) is 49.2 Å². The van der Waals surface area contributed by atoms with Gasteiger partial charge in [0.1, 0.15) is 6.04 Å². The number of anilines is 1. The van der Waals surface area contributed by atoms with Gasteiger partial charge in [0.05, 0.1) is 9.82 Å². The van der Waals surface area contributed by atoms with Crippen LogP contribution in [-0.4, -0.2) is 48.7 Å². The molecule has 0 radical (unpaired) electrons. The van der Waals surface area contributed by atoms with Crippen LogP contribution in [0, 0.1) is 15.9 Å². The molecule has 32 heavy (non-hydrogen) atoms. The third-order valence-corrected chi connectivity index (χ3v) is 6.84. The van der Waals surface area contributed by atoms with Crippen LogP contribution in [0.4, 0.5) is 15.8 Å². The number of nitro benzene ring substituents is 1. The summed E-state index contributed by atoms with van der Waals surface area (Å²) < 4.78 is 45.1. The van der Waals surface area contributed by atoms with Crippen molar-refractivity contribution in [2.24, 2.45) is 0 Å². The summed E-state index contributed by atoms with van der Waals surface area (Å²) in [6.07, 6.45) is 0.648. The number of benzene rings is 2. The fourth-order valence-electron chi connectivity index (χ4n) is 3.17. The summed E-state index contributed by atoms with van der Waals surface area (Å²) in [5, 5.41) is 13.4. The monoisotopic (exact) mass is 485 g/mol. The minimum Gasteiger partial charge on any atom is -0.454 e. The number of hydrogen-bond acceptors (Lipinski definition) is 7. The summed E-state index contributed by atoms with van der Waals surface area (Å²) in [7, 11) is -3.98. The first-order chi connectivity index (χ1) is 15.1. The molecule has 0 bridgehead atoms. The molecule has 1 N–H and O–H groups in total. The van der Waals surface area contributed by atoms with Gasteiger partial charge in [-0.2, -0.15) is 8.70 Å². The number of ether oxygens (including phenoxy) is 1. The highest BCUT2D eigenvalue weighted by Gasteiger charge is 2.40. The second-order valence-electron chi connectivity index (χ2n) is 6.81. The number of esters is 1. The van der Waals surface area contributed by atoms with Crippen LogP contribution in [0.15, 0.2) is 47.4 Å². The van der Waals surface area contributed by atoms with Gasteiger partial charge in [-0.15, -0.1) is 0 Å². The summed E-state index contributed by atoms with van der Waals surface area (Å²) in [4.78, 5) is 34.3. The zero-order valence-corrected chi connectivity index (χ0v) is 17.9. The summed E-state index contributed by atoms with van der Waals surface area (Å²) in [6.45, 7) is -0.647. The predicted octanol–water partition coefficient (Wildman–Crippen LogP) is 2.72. The summed E-state index contributed by atoms with van der Waals surface area (Å²) in [5.74, 6) is -2.80. The zero-order valence-electron chi connectivity index (χ0n) is 16.4. The molecule has 1 heterocycles. The molecule has 1 atom stereocenters. The molecular weight excluding hydrogens is 469 g/mol. The molecule has 0 saturated carbocycles. The Labute approximate surface area is 187 Å². The number of hydrogen-bond donors (Lipinski definition) is 1. The third kappa shape index (κ3) is 5.21. The van der Waals surface area contributed by atoms with Crippen LogP contribution in [0.25, 0.3) is 0 Å². The Hall–Kier alpha value is -3.09. The number of halogens is 2. The number of nitrogens with one attached hydrogen (secondary N) is 1. The molecule has 1 unspecified atom stereocenters. The number of carbonyl (C=O) groups is 2. The first-order valence-corrected chi connectivity index (χ1v) is 11.1. The molecule has 2 aromatic rings. The van der Waals surface area contributed by atoms with Gasteiger partial charge in [-0.25, -0.2) is 8.42 Å². The van der Waals surface area contributed by atoms with Crippen molar-refractivity contribution in [2.75, 3.05) is 18.5 Å². The number of sulfonamides is 1. The van der Waals surface area contributed by atoms with E-state index in [4.69, 9.17) is 16.3 Å². The van der Waals surface area contributed by atoms with Gasteiger partial charge < -0.3 is 10.1 Å². The lowest BCUT2D eigenvalue weighted by Gasteiger charge is -2.22. The van der Waals surface area contributed by atoms with E-state index in [2.05, 4.69) is 5.32 Å². The Kier molecular flexibility index (Phi) is 7.06. The van der Waals surface area contributed by atoms with Crippen molar-refractivity contribution in [3.8, 4) is 0 Å². The molecule has 10 nitrogen and oxygen atoms in total. The minimum absolute atomic E-state index is 0.0303. The van der Waals surface area contributed by atoms with Gasteiger partial charge in [-0.3, -0.25) is 19.7 Å². The Balaban J connectivity index is 1.63. The average molecular weight is 486 g/mol. The Morgan fingerprint density at radius 1 is 1.25 bits per heavy atom. The van der Waals surface area contributed by atoms with E-state index < -0.39 is 51.0 Å². The number of nitro groups is 1. The molecule has 3 rings (SSSR count). The number of nitrogens with zero attached hydrogens (tertiary/aromatic N) is 2. The highest BCUT2D eigenvalue weighted by atomic mass is 35.5. The van der Waals surface area contributed by atoms with E-state index in [1.165, 1.54) is 24.3 Å². The van der Waals surface area contributed by atoms with Crippen LogP contribution in [-0.2, 0) is 24.3 Å². The van der Waals surface area contributed by atoms with Crippen LogP contribution in [0.1, 0.15) is 12.8 Å². The normalized spacial score (nSPS) is 16.5. The SMILES string of the molecule is O=C(COC(=O)C1CCCN1S(=O)(=O)c1ccc(Cl)cc1)Nc1ccc(F)c([N+](=O)[O-])c1. The van der Waals surface area contributed by atoms with Crippen LogP contribution < -0.4 is 5.32 Å². The molecule has 0 aromatic heterocycles. The van der Waals surface area contributed by atoms with Crippen molar-refractivity contribution in [3.63, 3.8) is 0 Å². The highest BCUT2D eigenvalue weighted by molar-refractivity contribution is 7.89. The zero-order chi connectivity index (χ0) is 23.5. The largest absolute Gasteiger partial charge is 0.454 e. The van der Waals surface area contributed by atoms with Gasteiger partial charge in [0.2, 0.25) is 15.8 Å². The molecule has 170 valence electrons. The standard InChI is InChI=1S/C19H17ClFN3O7S/c20-12-3-6-14(7-4-12)32(29,30)23-9-1-2-16(23)19(26)31-11-18(25)22-13-5-8-15(21)17(10-13)24(27)28/h3-8,10,16H,1-2,9,11H2,(H,22,25). The minimum atomic E-state index is -3.98. The molecule has 1 saturated heterocycles. The van der Waals surface area contributed by atoms with Gasteiger partial charge in [-0.1, -0.05) is 11.6 Å². The second kappa shape index (κ2) is 9.59. The van der Waals surface area contributed by atoms with Crippen molar-refractivity contribution in [2.45, 2.75) is 23.8 Å². The third-order valence-electron chi connectivity index (χ3n) is 4.67. The van der Waals surface area contributed by atoms with Crippen molar-refractivity contribution < 1.29 is 32.1 Å². The molecule has 1 aliphatic heterocycles. The summed E-state index contributed by atoms with van der Waals surface area (Å²) >= 11 is 5.79. The van der Waals surface area contributed by atoms with Crippen molar-refractivity contribution >= 4 is 44.9 Å². The van der Waals surface area contributed by atoms with Crippen molar-refractivity contribution in [3.05, 3.63) is 63.4 Å². The van der Waals surface area contributed by atoms with E-state index in [9.17, 15) is 32.5 Å². The molecule has 1 fully saturated rings. The van der Waals surface area contributed by atoms with Crippen molar-refractivity contribution in [1.82, 2.24) is 4.31 Å².